The summed E-state index contributed by atoms with van der Waals surface area (Å²) in [6.45, 7) is 0.839. The fourth-order valence-electron chi connectivity index (χ4n) is 2.29. The number of halogens is 1. The van der Waals surface area contributed by atoms with Crippen molar-refractivity contribution in [3.8, 4) is 11.5 Å². The smallest absolute Gasteiger partial charge is 0.255 e. The van der Waals surface area contributed by atoms with Crippen LogP contribution in [-0.2, 0) is 0 Å². The highest BCUT2D eigenvalue weighted by molar-refractivity contribution is 6.32. The summed E-state index contributed by atoms with van der Waals surface area (Å²) in [6, 6.07) is 9.69. The van der Waals surface area contributed by atoms with Gasteiger partial charge < -0.3 is 20.1 Å². The van der Waals surface area contributed by atoms with Gasteiger partial charge in [0.15, 0.2) is 11.5 Å². The quantitative estimate of drug-likeness (QED) is 0.896. The van der Waals surface area contributed by atoms with Crippen LogP contribution < -0.4 is 20.1 Å². The number of ether oxygens (including phenoxy) is 2. The van der Waals surface area contributed by atoms with Crippen LogP contribution in [0.2, 0.25) is 5.02 Å². The molecule has 6 nitrogen and oxygen atoms in total. The molecule has 0 spiro atoms. The highest BCUT2D eigenvalue weighted by Crippen LogP contribution is 2.38. The average Bonchev–Trinajstić information content (AvgIpc) is 2.61. The molecule has 0 aliphatic carbocycles. The molecule has 24 heavy (non-hydrogen) atoms. The maximum Gasteiger partial charge on any atom is 0.255 e. The molecule has 0 bridgehead atoms. The van der Waals surface area contributed by atoms with E-state index in [1.165, 1.54) is 6.07 Å². The Bertz CT molecular complexity index is 790. The van der Waals surface area contributed by atoms with Gasteiger partial charge in [0.1, 0.15) is 13.2 Å². The van der Waals surface area contributed by atoms with E-state index in [-0.39, 0.29) is 11.8 Å². The Morgan fingerprint density at radius 1 is 1.00 bits per heavy atom. The van der Waals surface area contributed by atoms with Crippen LogP contribution in [0, 0.1) is 0 Å². The summed E-state index contributed by atoms with van der Waals surface area (Å²) in [5, 5.41) is 5.61. The number of carbonyl (C=O) groups excluding carboxylic acids is 2. The monoisotopic (exact) mass is 346 g/mol. The Balaban J connectivity index is 1.77. The molecule has 0 atom stereocenters. The van der Waals surface area contributed by atoms with Crippen molar-refractivity contribution in [3.63, 3.8) is 0 Å². The minimum atomic E-state index is -0.332. The van der Waals surface area contributed by atoms with Gasteiger partial charge in [-0.3, -0.25) is 9.59 Å². The molecule has 0 saturated heterocycles. The third kappa shape index (κ3) is 3.28. The largest absolute Gasteiger partial charge is 0.486 e. The first kappa shape index (κ1) is 16.1. The predicted octanol–water partition coefficient (Wildman–Crippen LogP) is 2.72. The second-order valence-electron chi connectivity index (χ2n) is 5.09. The average molecular weight is 347 g/mol. The SMILES string of the molecule is CNC(=O)c1ccc(NC(=O)c2cc(Cl)c3c(c2)OCCO3)cc1. The number of anilines is 1. The summed E-state index contributed by atoms with van der Waals surface area (Å²) >= 11 is 6.14. The van der Waals surface area contributed by atoms with E-state index in [4.69, 9.17) is 21.1 Å². The summed E-state index contributed by atoms with van der Waals surface area (Å²) in [6.07, 6.45) is 0. The van der Waals surface area contributed by atoms with E-state index in [1.807, 2.05) is 0 Å². The molecule has 0 fully saturated rings. The van der Waals surface area contributed by atoms with Crippen LogP contribution in [-0.4, -0.2) is 32.1 Å². The van der Waals surface area contributed by atoms with E-state index in [1.54, 1.807) is 37.4 Å². The van der Waals surface area contributed by atoms with E-state index in [0.29, 0.717) is 46.5 Å². The summed E-state index contributed by atoms with van der Waals surface area (Å²) < 4.78 is 10.9. The predicted molar refractivity (Wildman–Crippen MR) is 90.2 cm³/mol. The summed E-state index contributed by atoms with van der Waals surface area (Å²) in [4.78, 5) is 23.9. The van der Waals surface area contributed by atoms with Crippen LogP contribution in [0.1, 0.15) is 20.7 Å². The Labute approximate surface area is 143 Å². The molecule has 7 heteroatoms. The number of hydrogen-bond donors (Lipinski definition) is 2. The maximum atomic E-state index is 12.4. The van der Waals surface area contributed by atoms with Crippen LogP contribution in [0.25, 0.3) is 0 Å². The number of nitrogens with one attached hydrogen (secondary N) is 2. The number of rotatable bonds is 3. The first-order chi connectivity index (χ1) is 11.6. The lowest BCUT2D eigenvalue weighted by atomic mass is 10.1. The Hall–Kier alpha value is -2.73. The molecule has 0 aromatic heterocycles. The van der Waals surface area contributed by atoms with Crippen LogP contribution >= 0.6 is 11.6 Å². The lowest BCUT2D eigenvalue weighted by molar-refractivity contribution is 0.0962. The molecule has 124 valence electrons. The van der Waals surface area contributed by atoms with Crippen molar-refractivity contribution in [2.75, 3.05) is 25.6 Å². The molecule has 2 N–H and O–H groups in total. The fraction of sp³-hybridized carbons (Fsp3) is 0.176. The van der Waals surface area contributed by atoms with Gasteiger partial charge in [0.05, 0.1) is 5.02 Å². The Kier molecular flexibility index (Phi) is 4.57. The van der Waals surface area contributed by atoms with Crippen molar-refractivity contribution in [3.05, 3.63) is 52.5 Å². The molecule has 1 aliphatic heterocycles. The van der Waals surface area contributed by atoms with E-state index in [0.717, 1.165) is 0 Å². The fourth-order valence-corrected chi connectivity index (χ4v) is 2.56. The van der Waals surface area contributed by atoms with Gasteiger partial charge in [0.2, 0.25) is 0 Å². The van der Waals surface area contributed by atoms with E-state index < -0.39 is 0 Å². The number of fused-ring (bicyclic) bond motifs is 1. The van der Waals surface area contributed by atoms with E-state index in [9.17, 15) is 9.59 Å². The summed E-state index contributed by atoms with van der Waals surface area (Å²) in [7, 11) is 1.56. The maximum absolute atomic E-state index is 12.4. The van der Waals surface area contributed by atoms with Crippen LogP contribution in [0.3, 0.4) is 0 Å². The standard InChI is InChI=1S/C17H15ClN2O4/c1-19-16(21)10-2-4-12(5-3-10)20-17(22)11-8-13(18)15-14(9-11)23-6-7-24-15/h2-5,8-9H,6-7H2,1H3,(H,19,21)(H,20,22). The van der Waals surface area contributed by atoms with Gasteiger partial charge in [0, 0.05) is 23.9 Å². The van der Waals surface area contributed by atoms with Gasteiger partial charge in [-0.05, 0) is 36.4 Å². The molecule has 3 rings (SSSR count). The van der Waals surface area contributed by atoms with Crippen LogP contribution in [0.5, 0.6) is 11.5 Å². The number of benzene rings is 2. The second-order valence-corrected chi connectivity index (χ2v) is 5.50. The second kappa shape index (κ2) is 6.80. The molecule has 2 aromatic rings. The van der Waals surface area contributed by atoms with Gasteiger partial charge in [-0.2, -0.15) is 0 Å². The molecule has 1 heterocycles. The van der Waals surface area contributed by atoms with Crippen LogP contribution in [0.15, 0.2) is 36.4 Å². The zero-order valence-corrected chi connectivity index (χ0v) is 13.6. The zero-order chi connectivity index (χ0) is 17.1. The van der Waals surface area contributed by atoms with Gasteiger partial charge in [-0.1, -0.05) is 11.6 Å². The van der Waals surface area contributed by atoms with Gasteiger partial charge in [-0.15, -0.1) is 0 Å². The summed E-state index contributed by atoms with van der Waals surface area (Å²) in [5.41, 5.74) is 1.44. The van der Waals surface area contributed by atoms with Crippen molar-refractivity contribution >= 4 is 29.1 Å². The van der Waals surface area contributed by atoms with Crippen molar-refractivity contribution in [1.29, 1.82) is 0 Å². The molecule has 2 amide bonds. The Morgan fingerprint density at radius 3 is 2.42 bits per heavy atom. The zero-order valence-electron chi connectivity index (χ0n) is 12.9. The van der Waals surface area contributed by atoms with Crippen molar-refractivity contribution in [2.24, 2.45) is 0 Å². The van der Waals surface area contributed by atoms with Crippen molar-refractivity contribution in [2.45, 2.75) is 0 Å². The first-order valence-corrected chi connectivity index (χ1v) is 7.69. The topological polar surface area (TPSA) is 76.7 Å². The van der Waals surface area contributed by atoms with Crippen molar-refractivity contribution < 1.29 is 19.1 Å². The van der Waals surface area contributed by atoms with Crippen molar-refractivity contribution in [1.82, 2.24) is 5.32 Å². The lowest BCUT2D eigenvalue weighted by Crippen LogP contribution is -2.18. The molecule has 0 unspecified atom stereocenters. The first-order valence-electron chi connectivity index (χ1n) is 7.31. The molecular formula is C17H15ClN2O4. The molecule has 0 radical (unpaired) electrons. The highest BCUT2D eigenvalue weighted by Gasteiger charge is 2.19. The Morgan fingerprint density at radius 2 is 1.71 bits per heavy atom. The molecular weight excluding hydrogens is 332 g/mol. The molecule has 1 aliphatic rings. The minimum Gasteiger partial charge on any atom is -0.486 e. The van der Waals surface area contributed by atoms with Crippen LogP contribution in [0.4, 0.5) is 5.69 Å². The third-order valence-corrected chi connectivity index (χ3v) is 3.77. The third-order valence-electron chi connectivity index (χ3n) is 3.49. The number of hydrogen-bond acceptors (Lipinski definition) is 4. The van der Waals surface area contributed by atoms with E-state index >= 15 is 0 Å². The highest BCUT2D eigenvalue weighted by atomic mass is 35.5. The number of carbonyl (C=O) groups is 2. The van der Waals surface area contributed by atoms with Gasteiger partial charge in [-0.25, -0.2) is 0 Å². The molecule has 0 saturated carbocycles. The normalized spacial score (nSPS) is 12.4. The number of amides is 2. The van der Waals surface area contributed by atoms with Gasteiger partial charge in [0.25, 0.3) is 11.8 Å². The minimum absolute atomic E-state index is 0.188. The molecule has 2 aromatic carbocycles. The lowest BCUT2D eigenvalue weighted by Gasteiger charge is -2.20. The summed E-state index contributed by atoms with van der Waals surface area (Å²) in [5.74, 6) is 0.385. The van der Waals surface area contributed by atoms with Gasteiger partial charge >= 0.3 is 0 Å². The van der Waals surface area contributed by atoms with E-state index in [2.05, 4.69) is 10.6 Å².